The molecule has 0 aliphatic rings. The fraction of sp³-hybridized carbons (Fsp3) is 0. The van der Waals surface area contributed by atoms with Crippen LogP contribution in [-0.2, 0) is 4.79 Å². The Morgan fingerprint density at radius 3 is 2.55 bits per heavy atom. The Hall–Kier alpha value is -2.95. The molecule has 2 aromatic rings. The van der Waals surface area contributed by atoms with Gasteiger partial charge in [0.25, 0.3) is 5.69 Å². The van der Waals surface area contributed by atoms with Gasteiger partial charge in [0.2, 0.25) is 5.91 Å². The lowest BCUT2D eigenvalue weighted by molar-refractivity contribution is -0.384. The molecule has 1 N–H and O–H groups in total. The number of nitrogens with one attached hydrogen (secondary N) is 1. The fourth-order valence-corrected chi connectivity index (χ4v) is 1.62. The molecule has 20 heavy (non-hydrogen) atoms. The van der Waals surface area contributed by atoms with Gasteiger partial charge < -0.3 is 5.32 Å². The van der Waals surface area contributed by atoms with E-state index >= 15 is 0 Å². The smallest absolute Gasteiger partial charge is 0.271 e. The molecule has 2 rings (SSSR count). The van der Waals surface area contributed by atoms with Crippen molar-refractivity contribution < 1.29 is 9.72 Å². The number of hydrogen-bond donors (Lipinski definition) is 1. The summed E-state index contributed by atoms with van der Waals surface area (Å²) in [6.07, 6.45) is 3.06. The van der Waals surface area contributed by atoms with Crippen LogP contribution in [0.1, 0.15) is 5.56 Å². The van der Waals surface area contributed by atoms with Crippen LogP contribution in [0.25, 0.3) is 6.08 Å². The molecular formula is C15H12N2O3. The molecule has 0 atom stereocenters. The van der Waals surface area contributed by atoms with Crippen LogP contribution in [0.4, 0.5) is 11.4 Å². The minimum atomic E-state index is -0.504. The van der Waals surface area contributed by atoms with E-state index in [9.17, 15) is 14.9 Å². The maximum absolute atomic E-state index is 11.7. The lowest BCUT2D eigenvalue weighted by Crippen LogP contribution is -2.07. The summed E-state index contributed by atoms with van der Waals surface area (Å²) in [6, 6.07) is 15.2. The Labute approximate surface area is 115 Å². The van der Waals surface area contributed by atoms with Crippen molar-refractivity contribution in [1.82, 2.24) is 0 Å². The van der Waals surface area contributed by atoms with E-state index in [0.717, 1.165) is 5.56 Å². The zero-order valence-corrected chi connectivity index (χ0v) is 10.5. The van der Waals surface area contributed by atoms with Crippen molar-refractivity contribution in [1.29, 1.82) is 0 Å². The van der Waals surface area contributed by atoms with Crippen molar-refractivity contribution in [3.63, 3.8) is 0 Å². The van der Waals surface area contributed by atoms with Crippen LogP contribution in [-0.4, -0.2) is 10.8 Å². The van der Waals surface area contributed by atoms with Crippen molar-refractivity contribution >= 4 is 23.4 Å². The van der Waals surface area contributed by atoms with Gasteiger partial charge in [-0.1, -0.05) is 36.4 Å². The van der Waals surface area contributed by atoms with Crippen LogP contribution in [0, 0.1) is 10.1 Å². The van der Waals surface area contributed by atoms with E-state index < -0.39 is 4.92 Å². The Balaban J connectivity index is 2.03. The number of benzene rings is 2. The number of amides is 1. The molecule has 1 amide bonds. The molecule has 0 saturated carbocycles. The standard InChI is InChI=1S/C15H12N2O3/c18-15(10-9-12-5-2-1-3-6-12)16-13-7-4-8-14(11-13)17(19)20/h1-11H,(H,16,18)/b10-9-. The highest BCUT2D eigenvalue weighted by Crippen LogP contribution is 2.17. The topological polar surface area (TPSA) is 72.2 Å². The van der Waals surface area contributed by atoms with Crippen LogP contribution < -0.4 is 5.32 Å². The number of hydrogen-bond acceptors (Lipinski definition) is 3. The molecule has 0 spiro atoms. The van der Waals surface area contributed by atoms with Gasteiger partial charge in [-0.2, -0.15) is 0 Å². The van der Waals surface area contributed by atoms with Gasteiger partial charge >= 0.3 is 0 Å². The minimum absolute atomic E-state index is 0.0603. The molecule has 0 heterocycles. The molecule has 0 aliphatic carbocycles. The Kier molecular flexibility index (Phi) is 4.24. The number of carbonyl (C=O) groups excluding carboxylic acids is 1. The number of rotatable bonds is 4. The molecule has 0 bridgehead atoms. The van der Waals surface area contributed by atoms with E-state index in [1.165, 1.54) is 24.3 Å². The molecule has 5 heteroatoms. The monoisotopic (exact) mass is 268 g/mol. The molecule has 2 aromatic carbocycles. The van der Waals surface area contributed by atoms with E-state index in [2.05, 4.69) is 5.32 Å². The molecule has 0 aliphatic heterocycles. The van der Waals surface area contributed by atoms with Crippen molar-refractivity contribution in [2.75, 3.05) is 5.32 Å². The van der Waals surface area contributed by atoms with Gasteiger partial charge in [0.1, 0.15) is 0 Å². The van der Waals surface area contributed by atoms with E-state index in [1.807, 2.05) is 30.3 Å². The van der Waals surface area contributed by atoms with Crippen LogP contribution in [0.2, 0.25) is 0 Å². The average Bonchev–Trinajstić information content (AvgIpc) is 2.46. The van der Waals surface area contributed by atoms with Gasteiger partial charge in [-0.3, -0.25) is 14.9 Å². The number of carbonyl (C=O) groups is 1. The average molecular weight is 268 g/mol. The number of nitro groups is 1. The minimum Gasteiger partial charge on any atom is -0.322 e. The van der Waals surface area contributed by atoms with Crippen LogP contribution in [0.3, 0.4) is 0 Å². The summed E-state index contributed by atoms with van der Waals surface area (Å²) in [6.45, 7) is 0. The van der Waals surface area contributed by atoms with E-state index in [0.29, 0.717) is 5.69 Å². The van der Waals surface area contributed by atoms with E-state index in [4.69, 9.17) is 0 Å². The maximum Gasteiger partial charge on any atom is 0.271 e. The molecule has 0 saturated heterocycles. The highest BCUT2D eigenvalue weighted by molar-refractivity contribution is 6.02. The first kappa shape index (κ1) is 13.5. The maximum atomic E-state index is 11.7. The van der Waals surface area contributed by atoms with Gasteiger partial charge in [-0.05, 0) is 17.7 Å². The third-order valence-corrected chi connectivity index (χ3v) is 2.55. The molecule has 0 radical (unpaired) electrons. The second kappa shape index (κ2) is 6.29. The second-order valence-electron chi connectivity index (χ2n) is 4.04. The lowest BCUT2D eigenvalue weighted by atomic mass is 10.2. The first-order chi connectivity index (χ1) is 9.65. The zero-order chi connectivity index (χ0) is 14.4. The van der Waals surface area contributed by atoms with Crippen molar-refractivity contribution in [3.05, 3.63) is 76.4 Å². The van der Waals surface area contributed by atoms with Crippen LogP contribution >= 0.6 is 0 Å². The molecular weight excluding hydrogens is 256 g/mol. The quantitative estimate of drug-likeness (QED) is 0.525. The summed E-state index contributed by atoms with van der Waals surface area (Å²) in [5.74, 6) is -0.339. The second-order valence-corrected chi connectivity index (χ2v) is 4.04. The van der Waals surface area contributed by atoms with E-state index in [1.54, 1.807) is 12.1 Å². The first-order valence-electron chi connectivity index (χ1n) is 5.94. The van der Waals surface area contributed by atoms with Gasteiger partial charge in [0.15, 0.2) is 0 Å². The first-order valence-corrected chi connectivity index (χ1v) is 5.94. The lowest BCUT2D eigenvalue weighted by Gasteiger charge is -2.01. The fourth-order valence-electron chi connectivity index (χ4n) is 1.62. The van der Waals surface area contributed by atoms with Crippen LogP contribution in [0.5, 0.6) is 0 Å². The van der Waals surface area contributed by atoms with Crippen molar-refractivity contribution in [2.45, 2.75) is 0 Å². The third kappa shape index (κ3) is 3.78. The predicted molar refractivity (Wildman–Crippen MR) is 77.2 cm³/mol. The largest absolute Gasteiger partial charge is 0.322 e. The molecule has 5 nitrogen and oxygen atoms in total. The van der Waals surface area contributed by atoms with Crippen molar-refractivity contribution in [2.24, 2.45) is 0 Å². The summed E-state index contributed by atoms with van der Waals surface area (Å²) in [5, 5.41) is 13.2. The zero-order valence-electron chi connectivity index (χ0n) is 10.5. The number of nitrogens with zero attached hydrogens (tertiary/aromatic N) is 1. The van der Waals surface area contributed by atoms with Crippen molar-refractivity contribution in [3.8, 4) is 0 Å². The summed E-state index contributed by atoms with van der Waals surface area (Å²) in [5.41, 5.74) is 1.23. The SMILES string of the molecule is O=C(/C=C\c1ccccc1)Nc1cccc([N+](=O)[O-])c1. The highest BCUT2D eigenvalue weighted by Gasteiger charge is 2.06. The summed E-state index contributed by atoms with van der Waals surface area (Å²) in [7, 11) is 0. The molecule has 100 valence electrons. The Bertz CT molecular complexity index is 651. The van der Waals surface area contributed by atoms with Gasteiger partial charge in [-0.25, -0.2) is 0 Å². The summed E-state index contributed by atoms with van der Waals surface area (Å²) >= 11 is 0. The number of nitro benzene ring substituents is 1. The number of anilines is 1. The Morgan fingerprint density at radius 2 is 1.85 bits per heavy atom. The van der Waals surface area contributed by atoms with Gasteiger partial charge in [0.05, 0.1) is 4.92 Å². The predicted octanol–water partition coefficient (Wildman–Crippen LogP) is 3.25. The molecule has 0 unspecified atom stereocenters. The summed E-state index contributed by atoms with van der Waals surface area (Å²) < 4.78 is 0. The molecule has 0 aromatic heterocycles. The normalized spacial score (nSPS) is 10.4. The highest BCUT2D eigenvalue weighted by atomic mass is 16.6. The van der Waals surface area contributed by atoms with E-state index in [-0.39, 0.29) is 11.6 Å². The third-order valence-electron chi connectivity index (χ3n) is 2.55. The van der Waals surface area contributed by atoms with Crippen LogP contribution in [0.15, 0.2) is 60.7 Å². The number of non-ortho nitro benzene ring substituents is 1. The summed E-state index contributed by atoms with van der Waals surface area (Å²) in [4.78, 5) is 21.8. The Morgan fingerprint density at radius 1 is 1.10 bits per heavy atom. The molecule has 0 fully saturated rings. The van der Waals surface area contributed by atoms with Gasteiger partial charge in [-0.15, -0.1) is 0 Å². The van der Waals surface area contributed by atoms with Gasteiger partial charge in [0, 0.05) is 23.9 Å².